The van der Waals surface area contributed by atoms with Crippen LogP contribution in [0.4, 0.5) is 5.69 Å². The van der Waals surface area contributed by atoms with Gasteiger partial charge in [0.15, 0.2) is 0 Å². The summed E-state index contributed by atoms with van der Waals surface area (Å²) in [6.45, 7) is 0. The van der Waals surface area contributed by atoms with Crippen LogP contribution in [0.15, 0.2) is 42.5 Å². The molecule has 1 amide bonds. The minimum Gasteiger partial charge on any atom is -0.321 e. The van der Waals surface area contributed by atoms with Gasteiger partial charge >= 0.3 is 0 Å². The predicted octanol–water partition coefficient (Wildman–Crippen LogP) is 4.85. The van der Waals surface area contributed by atoms with E-state index in [0.717, 1.165) is 9.26 Å². The van der Waals surface area contributed by atoms with Gasteiger partial charge in [0.1, 0.15) is 0 Å². The summed E-state index contributed by atoms with van der Waals surface area (Å²) in [5, 5.41) is 3.99. The molecule has 0 aromatic heterocycles. The number of hydrogen-bond acceptors (Lipinski definition) is 1. The average Bonchev–Trinajstić information content (AvgIpc) is 2.32. The second-order valence-corrected chi connectivity index (χ2v) is 5.62. The Morgan fingerprint density at radius 3 is 2.44 bits per heavy atom. The molecule has 0 radical (unpaired) electrons. The molecule has 0 fully saturated rings. The summed E-state index contributed by atoms with van der Waals surface area (Å²) in [7, 11) is 0. The zero-order valence-electron chi connectivity index (χ0n) is 9.08. The molecule has 2 aromatic rings. The molecular weight excluding hydrogens is 384 g/mol. The Labute approximate surface area is 128 Å². The van der Waals surface area contributed by atoms with Crippen LogP contribution in [0.1, 0.15) is 10.4 Å². The zero-order valence-corrected chi connectivity index (χ0v) is 12.8. The molecule has 0 aliphatic carbocycles. The van der Waals surface area contributed by atoms with E-state index in [-0.39, 0.29) is 5.91 Å². The smallest absolute Gasteiger partial charge is 0.255 e. The van der Waals surface area contributed by atoms with Crippen LogP contribution in [0.5, 0.6) is 0 Å². The molecule has 0 spiro atoms. The summed E-state index contributed by atoms with van der Waals surface area (Å²) in [4.78, 5) is 12.0. The van der Waals surface area contributed by atoms with Gasteiger partial charge in [-0.3, -0.25) is 4.79 Å². The molecule has 0 aliphatic heterocycles. The molecule has 5 heteroatoms. The summed E-state index contributed by atoms with van der Waals surface area (Å²) < 4.78 is 0.885. The van der Waals surface area contributed by atoms with E-state index >= 15 is 0 Å². The standard InChI is InChI=1S/C13H8Cl2INO/c14-9-3-1-2-8(6-9)13(18)17-12-5-4-10(15)7-11(12)16/h1-7H,(H,17,18). The van der Waals surface area contributed by atoms with Crippen LogP contribution in [-0.2, 0) is 0 Å². The van der Waals surface area contributed by atoms with Crippen molar-refractivity contribution in [1.29, 1.82) is 0 Å². The number of anilines is 1. The van der Waals surface area contributed by atoms with E-state index in [9.17, 15) is 4.79 Å². The fraction of sp³-hybridized carbons (Fsp3) is 0. The van der Waals surface area contributed by atoms with Crippen molar-refractivity contribution in [1.82, 2.24) is 0 Å². The molecule has 0 bridgehead atoms. The highest BCUT2D eigenvalue weighted by Gasteiger charge is 2.08. The lowest BCUT2D eigenvalue weighted by Crippen LogP contribution is -2.12. The Balaban J connectivity index is 2.21. The van der Waals surface area contributed by atoms with Crippen LogP contribution in [0.3, 0.4) is 0 Å². The number of carbonyl (C=O) groups is 1. The van der Waals surface area contributed by atoms with Gasteiger partial charge in [0.25, 0.3) is 5.91 Å². The predicted molar refractivity (Wildman–Crippen MR) is 83.6 cm³/mol. The van der Waals surface area contributed by atoms with Crippen molar-refractivity contribution in [3.63, 3.8) is 0 Å². The van der Waals surface area contributed by atoms with Gasteiger partial charge in [-0.25, -0.2) is 0 Å². The Hall–Kier alpha value is -0.780. The number of nitrogens with one attached hydrogen (secondary N) is 1. The number of hydrogen-bond donors (Lipinski definition) is 1. The first-order valence-electron chi connectivity index (χ1n) is 5.08. The van der Waals surface area contributed by atoms with E-state index in [1.165, 1.54) is 0 Å². The largest absolute Gasteiger partial charge is 0.321 e. The highest BCUT2D eigenvalue weighted by Crippen LogP contribution is 2.23. The molecule has 2 aromatic carbocycles. The van der Waals surface area contributed by atoms with Crippen molar-refractivity contribution < 1.29 is 4.79 Å². The monoisotopic (exact) mass is 391 g/mol. The van der Waals surface area contributed by atoms with E-state index < -0.39 is 0 Å². The van der Waals surface area contributed by atoms with Crippen molar-refractivity contribution in [2.75, 3.05) is 5.32 Å². The third-order valence-electron chi connectivity index (χ3n) is 2.27. The Morgan fingerprint density at radius 2 is 1.78 bits per heavy atom. The quantitative estimate of drug-likeness (QED) is 0.728. The normalized spacial score (nSPS) is 10.2. The first kappa shape index (κ1) is 13.6. The molecule has 0 saturated heterocycles. The van der Waals surface area contributed by atoms with Crippen molar-refractivity contribution in [3.05, 3.63) is 61.6 Å². The van der Waals surface area contributed by atoms with Gasteiger partial charge in [0, 0.05) is 19.2 Å². The topological polar surface area (TPSA) is 29.1 Å². The summed E-state index contributed by atoms with van der Waals surface area (Å²) >= 11 is 13.8. The Kier molecular flexibility index (Phi) is 4.48. The third kappa shape index (κ3) is 3.37. The lowest BCUT2D eigenvalue weighted by atomic mass is 10.2. The molecule has 0 saturated carbocycles. The maximum Gasteiger partial charge on any atom is 0.255 e. The Morgan fingerprint density at radius 1 is 1.06 bits per heavy atom. The highest BCUT2D eigenvalue weighted by atomic mass is 127. The van der Waals surface area contributed by atoms with Crippen LogP contribution in [-0.4, -0.2) is 5.91 Å². The molecule has 2 rings (SSSR count). The summed E-state index contributed by atoms with van der Waals surface area (Å²) in [5.74, 6) is -0.197. The van der Waals surface area contributed by atoms with Crippen LogP contribution >= 0.6 is 45.8 Å². The van der Waals surface area contributed by atoms with Crippen LogP contribution in [0, 0.1) is 3.57 Å². The Bertz CT molecular complexity index is 601. The molecule has 92 valence electrons. The molecule has 0 atom stereocenters. The fourth-order valence-electron chi connectivity index (χ4n) is 1.42. The molecule has 18 heavy (non-hydrogen) atoms. The first-order chi connectivity index (χ1) is 8.56. The van der Waals surface area contributed by atoms with Gasteiger partial charge < -0.3 is 5.32 Å². The average molecular weight is 392 g/mol. The maximum atomic E-state index is 12.0. The zero-order chi connectivity index (χ0) is 13.1. The van der Waals surface area contributed by atoms with Crippen LogP contribution in [0.2, 0.25) is 10.0 Å². The molecule has 0 heterocycles. The van der Waals surface area contributed by atoms with Crippen molar-refractivity contribution in [2.45, 2.75) is 0 Å². The molecular formula is C13H8Cl2INO. The van der Waals surface area contributed by atoms with Gasteiger partial charge in [0.05, 0.1) is 5.69 Å². The maximum absolute atomic E-state index is 12.0. The molecule has 0 aliphatic rings. The SMILES string of the molecule is O=C(Nc1ccc(Cl)cc1I)c1cccc(Cl)c1. The van der Waals surface area contributed by atoms with Gasteiger partial charge in [-0.15, -0.1) is 0 Å². The van der Waals surface area contributed by atoms with E-state index in [2.05, 4.69) is 27.9 Å². The minimum atomic E-state index is -0.197. The molecule has 0 unspecified atom stereocenters. The summed E-state index contributed by atoms with van der Waals surface area (Å²) in [6, 6.07) is 12.1. The number of halogens is 3. The van der Waals surface area contributed by atoms with E-state index in [1.807, 2.05) is 0 Å². The number of amides is 1. The second kappa shape index (κ2) is 5.91. The second-order valence-electron chi connectivity index (χ2n) is 3.59. The van der Waals surface area contributed by atoms with Gasteiger partial charge in [-0.1, -0.05) is 29.3 Å². The number of rotatable bonds is 2. The summed E-state index contributed by atoms with van der Waals surface area (Å²) in [5.41, 5.74) is 1.25. The lowest BCUT2D eigenvalue weighted by Gasteiger charge is -2.08. The third-order valence-corrected chi connectivity index (χ3v) is 3.63. The van der Waals surface area contributed by atoms with Crippen molar-refractivity contribution in [2.24, 2.45) is 0 Å². The van der Waals surface area contributed by atoms with Gasteiger partial charge in [0.2, 0.25) is 0 Å². The van der Waals surface area contributed by atoms with E-state index in [4.69, 9.17) is 23.2 Å². The number of benzene rings is 2. The number of carbonyl (C=O) groups excluding carboxylic acids is 1. The summed E-state index contributed by atoms with van der Waals surface area (Å²) in [6.07, 6.45) is 0. The van der Waals surface area contributed by atoms with Crippen LogP contribution in [0.25, 0.3) is 0 Å². The van der Waals surface area contributed by atoms with E-state index in [0.29, 0.717) is 15.6 Å². The van der Waals surface area contributed by atoms with E-state index in [1.54, 1.807) is 42.5 Å². The minimum absolute atomic E-state index is 0.197. The fourth-order valence-corrected chi connectivity index (χ4v) is 2.61. The van der Waals surface area contributed by atoms with Crippen molar-refractivity contribution >= 4 is 57.4 Å². The first-order valence-corrected chi connectivity index (χ1v) is 6.92. The molecule has 2 nitrogen and oxygen atoms in total. The highest BCUT2D eigenvalue weighted by molar-refractivity contribution is 14.1. The van der Waals surface area contributed by atoms with Crippen LogP contribution < -0.4 is 5.32 Å². The van der Waals surface area contributed by atoms with Gasteiger partial charge in [-0.05, 0) is 59.0 Å². The van der Waals surface area contributed by atoms with Crippen molar-refractivity contribution in [3.8, 4) is 0 Å². The molecule has 1 N–H and O–H groups in total. The lowest BCUT2D eigenvalue weighted by molar-refractivity contribution is 0.102. The van der Waals surface area contributed by atoms with Gasteiger partial charge in [-0.2, -0.15) is 0 Å².